The molecule has 0 nitrogen and oxygen atoms in total. The summed E-state index contributed by atoms with van der Waals surface area (Å²) in [4.78, 5) is 0. The van der Waals surface area contributed by atoms with Crippen molar-refractivity contribution in [3.63, 3.8) is 0 Å². The molecule has 0 bridgehead atoms. The highest BCUT2D eigenvalue weighted by atomic mass is 14.1. The van der Waals surface area contributed by atoms with Crippen LogP contribution < -0.4 is 0 Å². The Bertz CT molecular complexity index is 66.4. The van der Waals surface area contributed by atoms with E-state index < -0.39 is 0 Å². The molecule has 0 radical (unpaired) electrons. The second kappa shape index (κ2) is 5.76. The van der Waals surface area contributed by atoms with Crippen LogP contribution in [0.2, 0.25) is 0 Å². The summed E-state index contributed by atoms with van der Waals surface area (Å²) in [5.74, 6) is 1.68. The molecule has 0 heteroatoms. The van der Waals surface area contributed by atoms with Gasteiger partial charge in [-0.3, -0.25) is 0 Å². The highest BCUT2D eigenvalue weighted by molar-refractivity contribution is 4.71. The van der Waals surface area contributed by atoms with Crippen LogP contribution in [-0.4, -0.2) is 0 Å². The molecule has 0 amide bonds. The minimum absolute atomic E-state index is 0.798. The number of unbranched alkanes of at least 4 members (excludes halogenated alkanes) is 1. The first kappa shape index (κ1) is 10.0. The zero-order valence-corrected chi connectivity index (χ0v) is 7.85. The van der Waals surface area contributed by atoms with Crippen molar-refractivity contribution in [1.29, 1.82) is 0 Å². The molecule has 2 atom stereocenters. The summed E-state index contributed by atoms with van der Waals surface area (Å²) in [6.07, 6.45) is 6.42. The van der Waals surface area contributed by atoms with Gasteiger partial charge in [-0.1, -0.05) is 46.0 Å². The van der Waals surface area contributed by atoms with Gasteiger partial charge >= 0.3 is 0 Å². The van der Waals surface area contributed by atoms with Gasteiger partial charge in [0, 0.05) is 0 Å². The summed E-state index contributed by atoms with van der Waals surface area (Å²) in [7, 11) is 0. The first-order valence-corrected chi connectivity index (χ1v) is 4.51. The Morgan fingerprint density at radius 1 is 1.30 bits per heavy atom. The second-order valence-electron chi connectivity index (χ2n) is 3.31. The zero-order valence-electron chi connectivity index (χ0n) is 7.85. The van der Waals surface area contributed by atoms with Crippen LogP contribution in [0.4, 0.5) is 0 Å². The minimum atomic E-state index is 0.798. The van der Waals surface area contributed by atoms with E-state index in [-0.39, 0.29) is 0 Å². The molecule has 0 aliphatic rings. The summed E-state index contributed by atoms with van der Waals surface area (Å²) in [6.45, 7) is 9.07. The highest BCUT2D eigenvalue weighted by Gasteiger charge is 2.01. The monoisotopic (exact) mass is 141 g/mol. The molecule has 0 aromatic carbocycles. The average Bonchev–Trinajstić information content (AvgIpc) is 1.98. The largest absolute Gasteiger partial charge is 0.328 e. The van der Waals surface area contributed by atoms with Crippen molar-refractivity contribution in [2.24, 2.45) is 11.8 Å². The summed E-state index contributed by atoms with van der Waals surface area (Å²) >= 11 is 0. The predicted molar refractivity (Wildman–Crippen MR) is 47.8 cm³/mol. The topological polar surface area (TPSA) is 0 Å². The maximum Gasteiger partial charge on any atom is -0.0529 e. The smallest absolute Gasteiger partial charge is 0.0529 e. The van der Waals surface area contributed by atoms with Gasteiger partial charge in [-0.15, -0.1) is 0 Å². The van der Waals surface area contributed by atoms with E-state index in [0.717, 1.165) is 11.8 Å². The lowest BCUT2D eigenvalue weighted by atomic mass is 9.89. The summed E-state index contributed by atoms with van der Waals surface area (Å²) in [6, 6.07) is 0. The maximum absolute atomic E-state index is 2.35. The van der Waals surface area contributed by atoms with Gasteiger partial charge in [0.1, 0.15) is 0 Å². The molecule has 0 spiro atoms. The SMILES string of the molecule is C[CH-]C(C)C(C)CCCC. The van der Waals surface area contributed by atoms with Crippen LogP contribution in [-0.2, 0) is 0 Å². The zero-order chi connectivity index (χ0) is 7.98. The Balaban J connectivity index is 3.31. The van der Waals surface area contributed by atoms with Crippen molar-refractivity contribution in [2.75, 3.05) is 0 Å². The van der Waals surface area contributed by atoms with Crippen molar-refractivity contribution in [3.05, 3.63) is 6.42 Å². The fourth-order valence-corrected chi connectivity index (χ4v) is 1.12. The summed E-state index contributed by atoms with van der Waals surface area (Å²) in [5.41, 5.74) is 0. The summed E-state index contributed by atoms with van der Waals surface area (Å²) < 4.78 is 0. The average molecular weight is 141 g/mol. The molecule has 0 saturated heterocycles. The minimum Gasteiger partial charge on any atom is -0.328 e. The highest BCUT2D eigenvalue weighted by Crippen LogP contribution is 2.19. The van der Waals surface area contributed by atoms with Crippen molar-refractivity contribution < 1.29 is 0 Å². The van der Waals surface area contributed by atoms with E-state index in [4.69, 9.17) is 0 Å². The lowest BCUT2D eigenvalue weighted by Crippen LogP contribution is -2.06. The third-order valence-electron chi connectivity index (χ3n) is 2.44. The fraction of sp³-hybridized carbons (Fsp3) is 0.900. The molecule has 0 aromatic rings. The van der Waals surface area contributed by atoms with Crippen LogP contribution >= 0.6 is 0 Å². The lowest BCUT2D eigenvalue weighted by molar-refractivity contribution is 0.394. The molecule has 0 saturated carbocycles. The van der Waals surface area contributed by atoms with Gasteiger partial charge < -0.3 is 6.42 Å². The third-order valence-corrected chi connectivity index (χ3v) is 2.44. The van der Waals surface area contributed by atoms with Crippen molar-refractivity contribution >= 4 is 0 Å². The van der Waals surface area contributed by atoms with Crippen LogP contribution in [0.25, 0.3) is 0 Å². The Labute approximate surface area is 66.0 Å². The van der Waals surface area contributed by atoms with E-state index >= 15 is 0 Å². The molecule has 0 aromatic heterocycles. The maximum atomic E-state index is 2.35. The molecule has 62 valence electrons. The van der Waals surface area contributed by atoms with E-state index in [9.17, 15) is 0 Å². The predicted octanol–water partition coefficient (Wildman–Crippen LogP) is 3.67. The molecular formula is C10H21-. The molecule has 0 heterocycles. The van der Waals surface area contributed by atoms with E-state index in [1.54, 1.807) is 0 Å². The lowest BCUT2D eigenvalue weighted by Gasteiger charge is -2.25. The number of hydrogen-bond acceptors (Lipinski definition) is 0. The van der Waals surface area contributed by atoms with E-state index in [1.165, 1.54) is 19.3 Å². The van der Waals surface area contributed by atoms with Gasteiger partial charge in [-0.05, 0) is 0 Å². The normalized spacial score (nSPS) is 16.8. The van der Waals surface area contributed by atoms with E-state index in [2.05, 4.69) is 34.1 Å². The molecule has 0 N–H and O–H groups in total. The molecule has 0 fully saturated rings. The Morgan fingerprint density at radius 3 is 2.30 bits per heavy atom. The van der Waals surface area contributed by atoms with E-state index in [0.29, 0.717) is 0 Å². The Hall–Kier alpha value is 0. The van der Waals surface area contributed by atoms with Gasteiger partial charge in [0.15, 0.2) is 0 Å². The molecule has 0 aliphatic heterocycles. The van der Waals surface area contributed by atoms with Crippen molar-refractivity contribution in [2.45, 2.75) is 47.0 Å². The Kier molecular flexibility index (Phi) is 5.76. The van der Waals surface area contributed by atoms with Crippen LogP contribution in [0, 0.1) is 18.3 Å². The third kappa shape index (κ3) is 3.92. The van der Waals surface area contributed by atoms with Gasteiger partial charge in [-0.25, -0.2) is 0 Å². The first-order valence-electron chi connectivity index (χ1n) is 4.51. The van der Waals surface area contributed by atoms with Crippen LogP contribution in [0.5, 0.6) is 0 Å². The van der Waals surface area contributed by atoms with Crippen LogP contribution in [0.3, 0.4) is 0 Å². The van der Waals surface area contributed by atoms with Gasteiger partial charge in [0.05, 0.1) is 0 Å². The molecule has 10 heavy (non-hydrogen) atoms. The van der Waals surface area contributed by atoms with Crippen LogP contribution in [0.15, 0.2) is 0 Å². The molecule has 0 rings (SSSR count). The van der Waals surface area contributed by atoms with Gasteiger partial charge in [0.2, 0.25) is 0 Å². The van der Waals surface area contributed by atoms with Crippen LogP contribution in [0.1, 0.15) is 47.0 Å². The quantitative estimate of drug-likeness (QED) is 0.512. The molecule has 0 aliphatic carbocycles. The molecular weight excluding hydrogens is 120 g/mol. The fourth-order valence-electron chi connectivity index (χ4n) is 1.12. The van der Waals surface area contributed by atoms with Gasteiger partial charge in [0.25, 0.3) is 0 Å². The summed E-state index contributed by atoms with van der Waals surface area (Å²) in [5, 5.41) is 0. The first-order chi connectivity index (χ1) is 4.72. The second-order valence-corrected chi connectivity index (χ2v) is 3.31. The number of rotatable bonds is 5. The molecule has 2 unspecified atom stereocenters. The Morgan fingerprint density at radius 2 is 1.90 bits per heavy atom. The van der Waals surface area contributed by atoms with E-state index in [1.807, 2.05) is 0 Å². The van der Waals surface area contributed by atoms with Crippen molar-refractivity contribution in [1.82, 2.24) is 0 Å². The van der Waals surface area contributed by atoms with Gasteiger partial charge in [-0.2, -0.15) is 12.8 Å². The van der Waals surface area contributed by atoms with Crippen molar-refractivity contribution in [3.8, 4) is 0 Å². The standard InChI is InChI=1S/C10H21/c1-5-7-8-10(4)9(3)6-2/h6,9-10H,5,7-8H2,1-4H3/q-1. The number of hydrogen-bond donors (Lipinski definition) is 0.